The van der Waals surface area contributed by atoms with Crippen molar-refractivity contribution in [3.63, 3.8) is 0 Å². The molecule has 1 aliphatic heterocycles. The van der Waals surface area contributed by atoms with Gasteiger partial charge in [-0.1, -0.05) is 12.2 Å². The van der Waals surface area contributed by atoms with Crippen LogP contribution in [0.4, 0.5) is 0 Å². The van der Waals surface area contributed by atoms with Crippen LogP contribution in [0.1, 0.15) is 13.8 Å². The molecule has 98 valence electrons. The smallest absolute Gasteiger partial charge is 0.303 e. The molecule has 18 heavy (non-hydrogen) atoms. The molecule has 0 unspecified atom stereocenters. The van der Waals surface area contributed by atoms with E-state index in [-0.39, 0.29) is 24.4 Å². The maximum atomic E-state index is 12.0. The van der Waals surface area contributed by atoms with Crippen LogP contribution in [0.15, 0.2) is 12.2 Å². The first-order valence-corrected chi connectivity index (χ1v) is 5.67. The normalized spacial score (nSPS) is 33.3. The highest BCUT2D eigenvalue weighted by Gasteiger charge is 2.48. The largest absolute Gasteiger partial charge is 0.463 e. The van der Waals surface area contributed by atoms with Gasteiger partial charge in [-0.05, 0) is 0 Å². The van der Waals surface area contributed by atoms with Gasteiger partial charge in [-0.15, -0.1) is 0 Å². The van der Waals surface area contributed by atoms with Gasteiger partial charge in [-0.25, -0.2) is 0 Å². The van der Waals surface area contributed by atoms with Gasteiger partial charge in [0.25, 0.3) is 0 Å². The van der Waals surface area contributed by atoms with Gasteiger partial charge in [-0.3, -0.25) is 14.4 Å². The summed E-state index contributed by atoms with van der Waals surface area (Å²) in [5, 5.41) is 0. The Morgan fingerprint density at radius 1 is 1.28 bits per heavy atom. The van der Waals surface area contributed by atoms with Gasteiger partial charge in [0.15, 0.2) is 11.9 Å². The van der Waals surface area contributed by atoms with Crippen molar-refractivity contribution in [1.82, 2.24) is 0 Å². The minimum atomic E-state index is -1.01. The summed E-state index contributed by atoms with van der Waals surface area (Å²) in [6.45, 7) is 2.38. The third-order valence-corrected chi connectivity index (χ3v) is 2.88. The molecule has 0 amide bonds. The molecule has 2 aliphatic rings. The van der Waals surface area contributed by atoms with E-state index in [1.54, 1.807) is 12.2 Å². The first-order chi connectivity index (χ1) is 8.49. The average molecular weight is 254 g/mol. The molecular formula is C12H14O6. The Bertz CT molecular complexity index is 413. The molecule has 0 radical (unpaired) electrons. The number of rotatable bonds is 3. The lowest BCUT2D eigenvalue weighted by Gasteiger charge is -2.41. The molecular weight excluding hydrogens is 240 g/mol. The summed E-state index contributed by atoms with van der Waals surface area (Å²) >= 11 is 0. The number of Topliss-reactive ketones (excluding diaryl/α,β-unsaturated/α-hetero) is 1. The van der Waals surface area contributed by atoms with Gasteiger partial charge in [-0.2, -0.15) is 0 Å². The lowest BCUT2D eigenvalue weighted by molar-refractivity contribution is -0.189. The second-order valence-electron chi connectivity index (χ2n) is 4.28. The highest BCUT2D eigenvalue weighted by molar-refractivity contribution is 5.92. The Hall–Kier alpha value is -1.69. The third kappa shape index (κ3) is 2.43. The fourth-order valence-corrected chi connectivity index (χ4v) is 1.98. The molecule has 0 aromatic carbocycles. The third-order valence-electron chi connectivity index (χ3n) is 2.88. The van der Waals surface area contributed by atoms with Crippen molar-refractivity contribution in [3.8, 4) is 0 Å². The van der Waals surface area contributed by atoms with E-state index in [4.69, 9.17) is 14.2 Å². The molecule has 0 bridgehead atoms. The van der Waals surface area contributed by atoms with E-state index in [1.165, 1.54) is 13.8 Å². The molecule has 1 heterocycles. The number of ketones is 1. The topological polar surface area (TPSA) is 78.9 Å². The van der Waals surface area contributed by atoms with Crippen molar-refractivity contribution in [3.05, 3.63) is 12.2 Å². The molecule has 1 aliphatic carbocycles. The van der Waals surface area contributed by atoms with E-state index in [9.17, 15) is 14.4 Å². The van der Waals surface area contributed by atoms with E-state index in [2.05, 4.69) is 0 Å². The molecule has 2 rings (SSSR count). The minimum absolute atomic E-state index is 0.101. The number of fused-ring (bicyclic) bond motifs is 1. The Labute approximate surface area is 104 Å². The van der Waals surface area contributed by atoms with Gasteiger partial charge < -0.3 is 14.2 Å². The van der Waals surface area contributed by atoms with Crippen LogP contribution in [-0.2, 0) is 28.6 Å². The summed E-state index contributed by atoms with van der Waals surface area (Å²) in [6, 6.07) is 0. The number of esters is 2. The van der Waals surface area contributed by atoms with Crippen LogP contribution in [0.25, 0.3) is 0 Å². The fraction of sp³-hybridized carbons (Fsp3) is 0.583. The second-order valence-corrected chi connectivity index (χ2v) is 4.28. The molecule has 1 saturated heterocycles. The van der Waals surface area contributed by atoms with Crippen molar-refractivity contribution < 1.29 is 28.6 Å². The predicted molar refractivity (Wildman–Crippen MR) is 58.5 cm³/mol. The van der Waals surface area contributed by atoms with Gasteiger partial charge in [0.05, 0.1) is 12.0 Å². The molecule has 0 aromatic rings. The highest BCUT2D eigenvalue weighted by Crippen LogP contribution is 2.32. The monoisotopic (exact) mass is 254 g/mol. The first-order valence-electron chi connectivity index (χ1n) is 5.67. The summed E-state index contributed by atoms with van der Waals surface area (Å²) < 4.78 is 15.3. The van der Waals surface area contributed by atoms with Gasteiger partial charge in [0.1, 0.15) is 12.7 Å². The van der Waals surface area contributed by atoms with Crippen molar-refractivity contribution in [1.29, 1.82) is 0 Å². The van der Waals surface area contributed by atoms with Gasteiger partial charge in [0, 0.05) is 13.8 Å². The van der Waals surface area contributed by atoms with Crippen molar-refractivity contribution in [2.24, 2.45) is 5.92 Å². The van der Waals surface area contributed by atoms with Crippen LogP contribution in [-0.4, -0.2) is 42.6 Å². The molecule has 1 fully saturated rings. The quantitative estimate of drug-likeness (QED) is 0.521. The molecule has 0 aromatic heterocycles. The fourth-order valence-electron chi connectivity index (χ4n) is 1.98. The maximum Gasteiger partial charge on any atom is 0.303 e. The number of hydrogen-bond donors (Lipinski definition) is 0. The van der Waals surface area contributed by atoms with Crippen LogP contribution < -0.4 is 0 Å². The number of carbonyl (C=O) groups excluding carboxylic acids is 3. The van der Waals surface area contributed by atoms with E-state index < -0.39 is 24.1 Å². The Morgan fingerprint density at radius 3 is 2.50 bits per heavy atom. The van der Waals surface area contributed by atoms with E-state index >= 15 is 0 Å². The molecule has 0 spiro atoms. The summed E-state index contributed by atoms with van der Waals surface area (Å²) in [5.74, 6) is -1.60. The van der Waals surface area contributed by atoms with Crippen LogP contribution in [0.5, 0.6) is 0 Å². The Kier molecular flexibility index (Phi) is 3.47. The number of ether oxygens (including phenoxy) is 3. The highest BCUT2D eigenvalue weighted by atomic mass is 16.6. The Morgan fingerprint density at radius 2 is 2.00 bits per heavy atom. The second kappa shape index (κ2) is 4.89. The number of carbonyl (C=O) groups is 3. The SMILES string of the molecule is CC(=O)OC[C@H]1O[C@H]2C=C[C@H]2C(=O)[C@@H]1OC(C)=O. The summed E-state index contributed by atoms with van der Waals surface area (Å²) in [7, 11) is 0. The average Bonchev–Trinajstić information content (AvgIpc) is 2.22. The zero-order valence-corrected chi connectivity index (χ0v) is 10.1. The number of hydrogen-bond acceptors (Lipinski definition) is 6. The lowest BCUT2D eigenvalue weighted by Crippen LogP contribution is -2.56. The van der Waals surface area contributed by atoms with Crippen LogP contribution in [0, 0.1) is 5.92 Å². The van der Waals surface area contributed by atoms with Crippen molar-refractivity contribution in [2.75, 3.05) is 6.61 Å². The van der Waals surface area contributed by atoms with Crippen LogP contribution in [0.2, 0.25) is 0 Å². The van der Waals surface area contributed by atoms with Crippen molar-refractivity contribution >= 4 is 17.7 Å². The van der Waals surface area contributed by atoms with Crippen LogP contribution >= 0.6 is 0 Å². The lowest BCUT2D eigenvalue weighted by atomic mass is 9.81. The van der Waals surface area contributed by atoms with Gasteiger partial charge >= 0.3 is 11.9 Å². The summed E-state index contributed by atoms with van der Waals surface area (Å²) in [5.41, 5.74) is 0. The molecule has 0 saturated carbocycles. The van der Waals surface area contributed by atoms with Gasteiger partial charge in [0.2, 0.25) is 0 Å². The maximum absolute atomic E-state index is 12.0. The van der Waals surface area contributed by atoms with Crippen LogP contribution in [0.3, 0.4) is 0 Å². The first kappa shape index (κ1) is 12.8. The molecule has 0 N–H and O–H groups in total. The van der Waals surface area contributed by atoms with Crippen molar-refractivity contribution in [2.45, 2.75) is 32.2 Å². The predicted octanol–water partition coefficient (Wildman–Crippen LogP) is 0.00370. The Balaban J connectivity index is 2.08. The molecule has 6 nitrogen and oxygen atoms in total. The standard InChI is InChI=1S/C12H14O6/c1-6(13)16-5-10-12(17-7(2)14)11(15)8-3-4-9(8)18-10/h3-4,8-10,12H,5H2,1-2H3/t8-,9+,10-,12-/m1/s1. The summed E-state index contributed by atoms with van der Waals surface area (Å²) in [4.78, 5) is 33.8. The van der Waals surface area contributed by atoms with E-state index in [1.807, 2.05) is 0 Å². The van der Waals surface area contributed by atoms with E-state index in [0.29, 0.717) is 0 Å². The summed E-state index contributed by atoms with van der Waals surface area (Å²) in [6.07, 6.45) is 1.42. The zero-order valence-electron chi connectivity index (χ0n) is 10.1. The zero-order chi connectivity index (χ0) is 13.3. The van der Waals surface area contributed by atoms with E-state index in [0.717, 1.165) is 0 Å². The molecule has 4 atom stereocenters. The minimum Gasteiger partial charge on any atom is -0.463 e. The molecule has 6 heteroatoms.